The molecule has 2 heterocycles. The number of Topliss-reactive ketones (excluding diaryl/α,β-unsaturated/α-hetero) is 1. The van der Waals surface area contributed by atoms with Gasteiger partial charge in [-0.15, -0.1) is 0 Å². The quantitative estimate of drug-likeness (QED) is 0.603. The molecule has 9 heteroatoms. The van der Waals surface area contributed by atoms with Crippen LogP contribution in [-0.4, -0.2) is 60.1 Å². The number of nitrogens with two attached hydrogens (primary N) is 1. The fourth-order valence-corrected chi connectivity index (χ4v) is 4.94. The highest BCUT2D eigenvalue weighted by Gasteiger charge is 2.36. The third-order valence-electron chi connectivity index (χ3n) is 6.63. The average Bonchev–Trinajstić information content (AvgIpc) is 3.27. The Morgan fingerprint density at radius 3 is 2.55 bits per heavy atom. The Morgan fingerprint density at radius 2 is 1.85 bits per heavy atom. The van der Waals surface area contributed by atoms with Gasteiger partial charge in [0.25, 0.3) is 5.89 Å². The molecule has 1 aromatic heterocycles. The molecular formula is C24H31N3O6. The number of hydrogen-bond acceptors (Lipinski definition) is 7. The summed E-state index contributed by atoms with van der Waals surface area (Å²) < 4.78 is 16.4. The van der Waals surface area contributed by atoms with E-state index in [1.54, 1.807) is 17.0 Å². The fourth-order valence-electron chi connectivity index (χ4n) is 4.94. The number of oxazole rings is 1. The molecule has 0 radical (unpaired) electrons. The van der Waals surface area contributed by atoms with Gasteiger partial charge in [0.15, 0.2) is 5.58 Å². The van der Waals surface area contributed by atoms with Crippen molar-refractivity contribution in [2.75, 3.05) is 26.3 Å². The van der Waals surface area contributed by atoms with Crippen LogP contribution in [-0.2, 0) is 14.3 Å². The highest BCUT2D eigenvalue weighted by Crippen LogP contribution is 2.36. The molecule has 2 fully saturated rings. The Labute approximate surface area is 192 Å². The molecule has 1 saturated heterocycles. The largest absolute Gasteiger partial charge is 0.446 e. The zero-order chi connectivity index (χ0) is 23.2. The molecule has 1 saturated carbocycles. The molecule has 2 aromatic rings. The highest BCUT2D eigenvalue weighted by atomic mass is 16.6. The highest BCUT2D eigenvalue weighted by molar-refractivity contribution is 5.96. The summed E-state index contributed by atoms with van der Waals surface area (Å²) in [4.78, 5) is 44.1. The third kappa shape index (κ3) is 5.90. The van der Waals surface area contributed by atoms with Gasteiger partial charge in [-0.25, -0.2) is 9.78 Å². The molecule has 2 amide bonds. The van der Waals surface area contributed by atoms with Crippen molar-refractivity contribution < 1.29 is 28.3 Å². The van der Waals surface area contributed by atoms with E-state index in [1.807, 2.05) is 12.1 Å². The number of nitrogens with zero attached hydrogens (tertiary/aromatic N) is 2. The van der Waals surface area contributed by atoms with Gasteiger partial charge < -0.3 is 24.5 Å². The van der Waals surface area contributed by atoms with E-state index >= 15 is 0 Å². The SMILES string of the molecule is NC(=O)OC(CC(=O)N1CCOCC1)CC(C(=O)c1nc2ccccc2o1)C1CCCCC1. The summed E-state index contributed by atoms with van der Waals surface area (Å²) in [6, 6.07) is 7.24. The van der Waals surface area contributed by atoms with E-state index < -0.39 is 18.1 Å². The van der Waals surface area contributed by atoms with Gasteiger partial charge in [-0.2, -0.15) is 0 Å². The second-order valence-electron chi connectivity index (χ2n) is 8.85. The number of hydrogen-bond donors (Lipinski definition) is 1. The molecule has 1 aliphatic carbocycles. The number of para-hydroxylation sites is 2. The molecule has 2 atom stereocenters. The van der Waals surface area contributed by atoms with E-state index in [9.17, 15) is 14.4 Å². The number of aromatic nitrogens is 1. The molecule has 2 unspecified atom stereocenters. The van der Waals surface area contributed by atoms with Crippen molar-refractivity contribution in [3.63, 3.8) is 0 Å². The Bertz CT molecular complexity index is 944. The Morgan fingerprint density at radius 1 is 1.12 bits per heavy atom. The maximum atomic E-state index is 13.6. The minimum Gasteiger partial charge on any atom is -0.446 e. The number of ketones is 1. The normalized spacial score (nSPS) is 19.2. The second kappa shape index (κ2) is 10.8. The molecule has 178 valence electrons. The van der Waals surface area contributed by atoms with Gasteiger partial charge in [-0.3, -0.25) is 9.59 Å². The van der Waals surface area contributed by atoms with Crippen molar-refractivity contribution in [3.05, 3.63) is 30.2 Å². The summed E-state index contributed by atoms with van der Waals surface area (Å²) in [5.74, 6) is -0.653. The molecule has 1 aliphatic heterocycles. The number of amides is 2. The van der Waals surface area contributed by atoms with Gasteiger partial charge in [0.05, 0.1) is 19.6 Å². The van der Waals surface area contributed by atoms with Crippen molar-refractivity contribution in [3.8, 4) is 0 Å². The second-order valence-corrected chi connectivity index (χ2v) is 8.85. The molecule has 4 rings (SSSR count). The van der Waals surface area contributed by atoms with E-state index in [0.717, 1.165) is 32.1 Å². The third-order valence-corrected chi connectivity index (χ3v) is 6.63. The lowest BCUT2D eigenvalue weighted by atomic mass is 9.75. The number of fused-ring (bicyclic) bond motifs is 1. The van der Waals surface area contributed by atoms with E-state index in [0.29, 0.717) is 37.4 Å². The fraction of sp³-hybridized carbons (Fsp3) is 0.583. The van der Waals surface area contributed by atoms with Crippen LogP contribution in [0.5, 0.6) is 0 Å². The predicted molar refractivity (Wildman–Crippen MR) is 119 cm³/mol. The zero-order valence-electron chi connectivity index (χ0n) is 18.7. The summed E-state index contributed by atoms with van der Waals surface area (Å²) in [5, 5.41) is 0. The first-order chi connectivity index (χ1) is 16.0. The average molecular weight is 458 g/mol. The van der Waals surface area contributed by atoms with Gasteiger partial charge >= 0.3 is 6.09 Å². The Kier molecular flexibility index (Phi) is 7.59. The zero-order valence-corrected chi connectivity index (χ0v) is 18.7. The molecular weight excluding hydrogens is 426 g/mol. The molecule has 0 spiro atoms. The van der Waals surface area contributed by atoms with Crippen molar-refractivity contribution in [1.29, 1.82) is 0 Å². The lowest BCUT2D eigenvalue weighted by molar-refractivity contribution is -0.137. The first kappa shape index (κ1) is 23.2. The number of carbonyl (C=O) groups is 3. The van der Waals surface area contributed by atoms with Crippen LogP contribution in [0.3, 0.4) is 0 Å². The number of carbonyl (C=O) groups excluding carboxylic acids is 3. The van der Waals surface area contributed by atoms with Gasteiger partial charge in [-0.1, -0.05) is 31.4 Å². The smallest absolute Gasteiger partial charge is 0.404 e. The lowest BCUT2D eigenvalue weighted by Gasteiger charge is -2.32. The first-order valence-corrected chi connectivity index (χ1v) is 11.7. The number of primary amides is 1. The van der Waals surface area contributed by atoms with Gasteiger partial charge in [0.2, 0.25) is 11.7 Å². The molecule has 2 aliphatic rings. The maximum Gasteiger partial charge on any atom is 0.404 e. The summed E-state index contributed by atoms with van der Waals surface area (Å²) in [7, 11) is 0. The summed E-state index contributed by atoms with van der Waals surface area (Å²) in [6.45, 7) is 1.95. The molecule has 2 N–H and O–H groups in total. The molecule has 9 nitrogen and oxygen atoms in total. The Hall–Kier alpha value is -2.94. The molecule has 33 heavy (non-hydrogen) atoms. The van der Waals surface area contributed by atoms with Crippen molar-refractivity contribution in [1.82, 2.24) is 9.88 Å². The first-order valence-electron chi connectivity index (χ1n) is 11.7. The number of morpholine rings is 1. The van der Waals surface area contributed by atoms with Crippen LogP contribution in [0.1, 0.15) is 55.6 Å². The van der Waals surface area contributed by atoms with Crippen molar-refractivity contribution >= 4 is 28.9 Å². The van der Waals surface area contributed by atoms with Crippen LogP contribution < -0.4 is 5.73 Å². The monoisotopic (exact) mass is 457 g/mol. The predicted octanol–water partition coefficient (Wildman–Crippen LogP) is 3.31. The van der Waals surface area contributed by atoms with Gasteiger partial charge in [-0.05, 0) is 37.3 Å². The van der Waals surface area contributed by atoms with Crippen LogP contribution in [0.15, 0.2) is 28.7 Å². The van der Waals surface area contributed by atoms with Crippen LogP contribution in [0, 0.1) is 11.8 Å². The summed E-state index contributed by atoms with van der Waals surface area (Å²) in [5.41, 5.74) is 6.49. The van der Waals surface area contributed by atoms with Crippen molar-refractivity contribution in [2.24, 2.45) is 17.6 Å². The topological polar surface area (TPSA) is 125 Å². The van der Waals surface area contributed by atoms with Crippen molar-refractivity contribution in [2.45, 2.75) is 51.0 Å². The number of ether oxygens (including phenoxy) is 2. The summed E-state index contributed by atoms with van der Waals surface area (Å²) >= 11 is 0. The maximum absolute atomic E-state index is 13.6. The summed E-state index contributed by atoms with van der Waals surface area (Å²) in [6.07, 6.45) is 3.45. The van der Waals surface area contributed by atoms with Crippen LogP contribution in [0.2, 0.25) is 0 Å². The molecule has 1 aromatic carbocycles. The van der Waals surface area contributed by atoms with Crippen LogP contribution in [0.25, 0.3) is 11.1 Å². The minimum absolute atomic E-state index is 0.0208. The van der Waals surface area contributed by atoms with E-state index in [2.05, 4.69) is 4.98 Å². The lowest BCUT2D eigenvalue weighted by Crippen LogP contribution is -2.43. The van der Waals surface area contributed by atoms with E-state index in [4.69, 9.17) is 19.6 Å². The standard InChI is InChI=1S/C24H31N3O6/c25-24(30)32-17(15-21(28)27-10-12-31-13-11-27)14-18(16-6-2-1-3-7-16)22(29)23-26-19-8-4-5-9-20(19)33-23/h4-5,8-9,16-18H,1-3,6-7,10-15H2,(H2,25,30). The number of rotatable bonds is 8. The van der Waals surface area contributed by atoms with E-state index in [1.165, 1.54) is 0 Å². The Balaban J connectivity index is 1.55. The van der Waals surface area contributed by atoms with E-state index in [-0.39, 0.29) is 36.3 Å². The van der Waals surface area contributed by atoms with Crippen LogP contribution >= 0.6 is 0 Å². The minimum atomic E-state index is -0.952. The van der Waals surface area contributed by atoms with Crippen LogP contribution in [0.4, 0.5) is 4.79 Å². The molecule has 0 bridgehead atoms. The number of benzene rings is 1. The van der Waals surface area contributed by atoms with Gasteiger partial charge in [0, 0.05) is 19.0 Å². The van der Waals surface area contributed by atoms with Gasteiger partial charge in [0.1, 0.15) is 11.6 Å².